The van der Waals surface area contributed by atoms with Crippen LogP contribution in [-0.4, -0.2) is 35.2 Å². The van der Waals surface area contributed by atoms with Crippen LogP contribution >= 0.6 is 0 Å². The lowest BCUT2D eigenvalue weighted by atomic mass is 10.0. The predicted molar refractivity (Wildman–Crippen MR) is 104 cm³/mol. The molecular formula is C22H26FN2O2+. The van der Waals surface area contributed by atoms with Crippen LogP contribution in [0.5, 0.6) is 5.75 Å². The maximum atomic E-state index is 13.4. The highest BCUT2D eigenvalue weighted by atomic mass is 19.1. The molecule has 1 unspecified atom stereocenters. The van der Waals surface area contributed by atoms with E-state index in [0.717, 1.165) is 55.1 Å². The van der Waals surface area contributed by atoms with Crippen LogP contribution in [0.1, 0.15) is 38.2 Å². The molecule has 0 spiro atoms. The highest BCUT2D eigenvalue weighted by Crippen LogP contribution is 2.35. The number of benzene rings is 2. The zero-order chi connectivity index (χ0) is 18.9. The SMILES string of the molecule is CCOc1ccc(N2CC(O)(c3ccc(F)cc3)[N+]3=C2CCCCC3)cc1. The standard InChI is InChI=1S/C22H26FN2O2/c1-2-27-20-13-11-19(12-14-20)24-16-22(26,17-7-9-18(23)10-8-17)25-15-5-3-4-6-21(24)25/h7-14,26H,2-6,15-16H2,1H3/q+1. The van der Waals surface area contributed by atoms with Crippen molar-refractivity contribution in [1.82, 2.24) is 0 Å². The molecule has 0 saturated heterocycles. The van der Waals surface area contributed by atoms with Crippen LogP contribution in [0.2, 0.25) is 0 Å². The van der Waals surface area contributed by atoms with Crippen molar-refractivity contribution < 1.29 is 18.8 Å². The molecule has 4 nitrogen and oxygen atoms in total. The molecule has 0 fully saturated rings. The first-order valence-corrected chi connectivity index (χ1v) is 9.74. The van der Waals surface area contributed by atoms with Gasteiger partial charge in [-0.15, -0.1) is 0 Å². The van der Waals surface area contributed by atoms with Crippen LogP contribution in [0.15, 0.2) is 48.5 Å². The molecule has 0 bridgehead atoms. The Hall–Kier alpha value is -2.40. The molecule has 0 aliphatic carbocycles. The van der Waals surface area contributed by atoms with E-state index < -0.39 is 5.72 Å². The summed E-state index contributed by atoms with van der Waals surface area (Å²) < 4.78 is 21.1. The molecule has 0 radical (unpaired) electrons. The number of rotatable bonds is 4. The van der Waals surface area contributed by atoms with E-state index in [4.69, 9.17) is 4.74 Å². The van der Waals surface area contributed by atoms with Crippen molar-refractivity contribution >= 4 is 11.5 Å². The van der Waals surface area contributed by atoms with Gasteiger partial charge in [-0.25, -0.2) is 13.9 Å². The number of amidine groups is 1. The summed E-state index contributed by atoms with van der Waals surface area (Å²) in [5, 5.41) is 11.7. The van der Waals surface area contributed by atoms with Gasteiger partial charge >= 0.3 is 0 Å². The van der Waals surface area contributed by atoms with Gasteiger partial charge in [0.25, 0.3) is 11.6 Å². The van der Waals surface area contributed by atoms with Crippen LogP contribution in [0.3, 0.4) is 0 Å². The van der Waals surface area contributed by atoms with E-state index in [-0.39, 0.29) is 5.82 Å². The Labute approximate surface area is 159 Å². The molecule has 2 aliphatic rings. The molecule has 2 aromatic carbocycles. The van der Waals surface area contributed by atoms with Crippen molar-refractivity contribution in [2.75, 3.05) is 24.6 Å². The summed E-state index contributed by atoms with van der Waals surface area (Å²) in [7, 11) is 0. The van der Waals surface area contributed by atoms with Gasteiger partial charge in [0.15, 0.2) is 6.54 Å². The van der Waals surface area contributed by atoms with Gasteiger partial charge < -0.3 is 9.84 Å². The molecule has 2 heterocycles. The molecular weight excluding hydrogens is 343 g/mol. The summed E-state index contributed by atoms with van der Waals surface area (Å²) in [4.78, 5) is 2.20. The highest BCUT2D eigenvalue weighted by Gasteiger charge is 2.51. The van der Waals surface area contributed by atoms with Gasteiger partial charge in [0.1, 0.15) is 17.3 Å². The molecule has 1 atom stereocenters. The Morgan fingerprint density at radius 3 is 2.52 bits per heavy atom. The third kappa shape index (κ3) is 3.32. The lowest BCUT2D eigenvalue weighted by molar-refractivity contribution is -0.658. The number of nitrogens with zero attached hydrogens (tertiary/aromatic N) is 2. The van der Waals surface area contributed by atoms with Gasteiger partial charge in [-0.2, -0.15) is 0 Å². The number of ether oxygens (including phenoxy) is 1. The van der Waals surface area contributed by atoms with Gasteiger partial charge in [-0.05, 0) is 74.7 Å². The van der Waals surface area contributed by atoms with Gasteiger partial charge in [-0.1, -0.05) is 0 Å². The quantitative estimate of drug-likeness (QED) is 0.831. The summed E-state index contributed by atoms with van der Waals surface area (Å²) >= 11 is 0. The van der Waals surface area contributed by atoms with Crippen molar-refractivity contribution in [3.8, 4) is 5.75 Å². The monoisotopic (exact) mass is 369 g/mol. The van der Waals surface area contributed by atoms with E-state index in [9.17, 15) is 9.50 Å². The van der Waals surface area contributed by atoms with E-state index in [1.807, 2.05) is 31.2 Å². The van der Waals surface area contributed by atoms with E-state index in [1.54, 1.807) is 12.1 Å². The number of β-amino-alcohol motifs (C(OH)–C–C–N with tert-alkyl or cyclic N) is 1. The number of hydrogen-bond donors (Lipinski definition) is 1. The zero-order valence-corrected chi connectivity index (χ0v) is 15.7. The molecule has 0 saturated carbocycles. The Bertz CT molecular complexity index is 832. The molecule has 4 rings (SSSR count). The smallest absolute Gasteiger partial charge is 0.271 e. The number of hydrogen-bond acceptors (Lipinski definition) is 3. The second-order valence-corrected chi connectivity index (χ2v) is 7.22. The molecule has 2 aliphatic heterocycles. The number of halogens is 1. The van der Waals surface area contributed by atoms with E-state index >= 15 is 0 Å². The molecule has 0 aromatic heterocycles. The van der Waals surface area contributed by atoms with Gasteiger partial charge in [0, 0.05) is 12.0 Å². The molecule has 5 heteroatoms. The van der Waals surface area contributed by atoms with Crippen molar-refractivity contribution in [3.05, 3.63) is 59.9 Å². The second-order valence-electron chi connectivity index (χ2n) is 7.22. The zero-order valence-electron chi connectivity index (χ0n) is 15.7. The van der Waals surface area contributed by atoms with Crippen LogP contribution in [-0.2, 0) is 5.72 Å². The first kappa shape index (κ1) is 18.0. The van der Waals surface area contributed by atoms with E-state index in [0.29, 0.717) is 13.2 Å². The minimum absolute atomic E-state index is 0.288. The Morgan fingerprint density at radius 1 is 1.07 bits per heavy atom. The minimum Gasteiger partial charge on any atom is -0.494 e. The molecule has 1 N–H and O–H groups in total. The lowest BCUT2D eigenvalue weighted by Gasteiger charge is -2.23. The second kappa shape index (κ2) is 7.31. The Balaban J connectivity index is 1.73. The first-order valence-electron chi connectivity index (χ1n) is 9.74. The molecule has 142 valence electrons. The van der Waals surface area contributed by atoms with Crippen molar-refractivity contribution in [2.45, 2.75) is 38.3 Å². The largest absolute Gasteiger partial charge is 0.494 e. The van der Waals surface area contributed by atoms with Crippen molar-refractivity contribution in [3.63, 3.8) is 0 Å². The Morgan fingerprint density at radius 2 is 1.81 bits per heavy atom. The number of aliphatic hydroxyl groups is 1. The van der Waals surface area contributed by atoms with Crippen LogP contribution in [0.25, 0.3) is 0 Å². The fourth-order valence-electron chi connectivity index (χ4n) is 4.16. The fourth-order valence-corrected chi connectivity index (χ4v) is 4.16. The van der Waals surface area contributed by atoms with Crippen molar-refractivity contribution in [1.29, 1.82) is 0 Å². The Kier molecular flexibility index (Phi) is 4.87. The highest BCUT2D eigenvalue weighted by molar-refractivity contribution is 5.96. The lowest BCUT2D eigenvalue weighted by Crippen LogP contribution is -2.41. The average molecular weight is 369 g/mol. The van der Waals surface area contributed by atoms with Crippen LogP contribution < -0.4 is 9.64 Å². The summed E-state index contributed by atoms with van der Waals surface area (Å²) in [6, 6.07) is 14.2. The summed E-state index contributed by atoms with van der Waals surface area (Å²) in [5.41, 5.74) is 0.626. The minimum atomic E-state index is -1.15. The maximum absolute atomic E-state index is 13.4. The fraction of sp³-hybridized carbons (Fsp3) is 0.409. The van der Waals surface area contributed by atoms with Crippen LogP contribution in [0.4, 0.5) is 10.1 Å². The predicted octanol–water partition coefficient (Wildman–Crippen LogP) is 3.87. The topological polar surface area (TPSA) is 35.7 Å². The van der Waals surface area contributed by atoms with Gasteiger partial charge in [-0.3, -0.25) is 0 Å². The third-order valence-corrected chi connectivity index (χ3v) is 5.50. The average Bonchev–Trinajstić information content (AvgIpc) is 2.84. The third-order valence-electron chi connectivity index (χ3n) is 5.50. The molecule has 27 heavy (non-hydrogen) atoms. The van der Waals surface area contributed by atoms with Gasteiger partial charge in [0.2, 0.25) is 0 Å². The van der Waals surface area contributed by atoms with Crippen LogP contribution in [0, 0.1) is 5.82 Å². The first-order chi connectivity index (χ1) is 13.1. The maximum Gasteiger partial charge on any atom is 0.271 e. The van der Waals surface area contributed by atoms with Gasteiger partial charge in [0.05, 0.1) is 13.2 Å². The summed E-state index contributed by atoms with van der Waals surface area (Å²) in [5.74, 6) is 1.70. The molecule has 2 aromatic rings. The summed E-state index contributed by atoms with van der Waals surface area (Å²) in [6.07, 6.45) is 4.23. The van der Waals surface area contributed by atoms with E-state index in [1.165, 1.54) is 12.1 Å². The number of anilines is 1. The summed E-state index contributed by atoms with van der Waals surface area (Å²) in [6.45, 7) is 3.84. The molecule has 0 amide bonds. The van der Waals surface area contributed by atoms with Crippen molar-refractivity contribution in [2.24, 2.45) is 0 Å². The van der Waals surface area contributed by atoms with E-state index in [2.05, 4.69) is 9.48 Å². The normalized spacial score (nSPS) is 22.6.